The third-order valence-electron chi connectivity index (χ3n) is 3.32. The Labute approximate surface area is 135 Å². The number of thioether (sulfide) groups is 1. The molecule has 116 valence electrons. The van der Waals surface area contributed by atoms with Gasteiger partial charge in [0.25, 0.3) is 0 Å². The molecule has 0 fully saturated rings. The highest BCUT2D eigenvalue weighted by atomic mass is 32.2. The van der Waals surface area contributed by atoms with E-state index in [-0.39, 0.29) is 17.8 Å². The van der Waals surface area contributed by atoms with Gasteiger partial charge in [0.1, 0.15) is 5.82 Å². The van der Waals surface area contributed by atoms with Crippen LogP contribution in [0.2, 0.25) is 0 Å². The number of hydrogen-bond donors (Lipinski definition) is 1. The zero-order chi connectivity index (χ0) is 15.7. The number of halogens is 1. The molecule has 0 aliphatic rings. The lowest BCUT2D eigenvalue weighted by molar-refractivity contribution is 0.479. The fourth-order valence-corrected chi connectivity index (χ4v) is 3.80. The fourth-order valence-electron chi connectivity index (χ4n) is 1.93. The number of nitrogens with two attached hydrogens (primary N) is 1. The molecule has 22 heavy (non-hydrogen) atoms. The molecule has 0 saturated carbocycles. The van der Waals surface area contributed by atoms with Gasteiger partial charge in [-0.3, -0.25) is 0 Å². The Morgan fingerprint density at radius 1 is 1.32 bits per heavy atom. The van der Waals surface area contributed by atoms with Gasteiger partial charge >= 0.3 is 0 Å². The zero-order valence-electron chi connectivity index (χ0n) is 12.2. The Hall–Kier alpha value is -1.51. The van der Waals surface area contributed by atoms with E-state index < -0.39 is 0 Å². The second kappa shape index (κ2) is 6.31. The molecule has 2 aromatic heterocycles. The Bertz CT molecular complexity index is 782. The summed E-state index contributed by atoms with van der Waals surface area (Å²) < 4.78 is 16.1. The van der Waals surface area contributed by atoms with E-state index in [1.807, 2.05) is 19.9 Å². The molecule has 5 nitrogen and oxygen atoms in total. The molecule has 0 radical (unpaired) electrons. The molecule has 0 bridgehead atoms. The van der Waals surface area contributed by atoms with Crippen LogP contribution in [0.3, 0.4) is 0 Å². The predicted molar refractivity (Wildman–Crippen MR) is 86.4 cm³/mol. The highest BCUT2D eigenvalue weighted by molar-refractivity contribution is 8.00. The quantitative estimate of drug-likeness (QED) is 0.724. The number of aromatic nitrogens is 4. The minimum Gasteiger partial charge on any atom is -0.321 e. The molecular weight excluding hydrogens is 321 g/mol. The van der Waals surface area contributed by atoms with Crippen LogP contribution in [0.1, 0.15) is 31.3 Å². The maximum Gasteiger partial charge on any atom is 0.235 e. The number of fused-ring (bicyclic) bond motifs is 1. The monoisotopic (exact) mass is 337 g/mol. The second-order valence-corrected chi connectivity index (χ2v) is 7.45. The topological polar surface area (TPSA) is 69.1 Å². The van der Waals surface area contributed by atoms with Gasteiger partial charge in [0, 0.05) is 5.75 Å². The zero-order valence-corrected chi connectivity index (χ0v) is 13.9. The van der Waals surface area contributed by atoms with Crippen LogP contribution in [-0.2, 0) is 5.75 Å². The Morgan fingerprint density at radius 2 is 2.09 bits per heavy atom. The molecule has 3 rings (SSSR count). The Morgan fingerprint density at radius 3 is 2.82 bits per heavy atom. The maximum atomic E-state index is 13.6. The summed E-state index contributed by atoms with van der Waals surface area (Å²) in [5.74, 6) is 1.26. The predicted octanol–water partition coefficient (Wildman–Crippen LogP) is 3.27. The van der Waals surface area contributed by atoms with Crippen LogP contribution in [0, 0.1) is 11.7 Å². The number of benzene rings is 1. The van der Waals surface area contributed by atoms with Crippen molar-refractivity contribution in [3.63, 3.8) is 0 Å². The van der Waals surface area contributed by atoms with Crippen LogP contribution in [0.25, 0.3) is 4.96 Å². The van der Waals surface area contributed by atoms with Crippen LogP contribution >= 0.6 is 23.1 Å². The molecule has 1 unspecified atom stereocenters. The van der Waals surface area contributed by atoms with Gasteiger partial charge in [-0.15, -0.1) is 15.3 Å². The maximum absolute atomic E-state index is 13.6. The molecular formula is C14H16FN5S2. The van der Waals surface area contributed by atoms with E-state index in [2.05, 4.69) is 15.3 Å². The van der Waals surface area contributed by atoms with Crippen molar-refractivity contribution < 1.29 is 4.39 Å². The number of hydrogen-bond acceptors (Lipinski definition) is 6. The van der Waals surface area contributed by atoms with Crippen molar-refractivity contribution in [3.05, 3.63) is 41.5 Å². The van der Waals surface area contributed by atoms with Crippen molar-refractivity contribution in [2.75, 3.05) is 0 Å². The standard InChI is InChI=1S/C14H16FN5S2/c1-8(2)11(16)12-17-18-13-20(12)19-14(22-13)21-7-9-5-3-4-6-10(9)15/h3-6,8,11H,7,16H2,1-2H3. The molecule has 0 aliphatic heterocycles. The van der Waals surface area contributed by atoms with Crippen molar-refractivity contribution in [1.82, 2.24) is 19.8 Å². The lowest BCUT2D eigenvalue weighted by Gasteiger charge is -2.11. The lowest BCUT2D eigenvalue weighted by atomic mass is 10.1. The van der Waals surface area contributed by atoms with E-state index in [9.17, 15) is 4.39 Å². The summed E-state index contributed by atoms with van der Waals surface area (Å²) in [5.41, 5.74) is 6.79. The third kappa shape index (κ3) is 2.99. The first-order chi connectivity index (χ1) is 10.6. The second-order valence-electron chi connectivity index (χ2n) is 5.27. The minimum absolute atomic E-state index is 0.194. The number of nitrogens with zero attached hydrogens (tertiary/aromatic N) is 4. The van der Waals surface area contributed by atoms with Crippen LogP contribution in [0.15, 0.2) is 28.6 Å². The van der Waals surface area contributed by atoms with E-state index in [4.69, 9.17) is 5.73 Å². The van der Waals surface area contributed by atoms with Crippen LogP contribution in [-0.4, -0.2) is 19.8 Å². The van der Waals surface area contributed by atoms with Crippen molar-refractivity contribution in [2.24, 2.45) is 11.7 Å². The van der Waals surface area contributed by atoms with Crippen molar-refractivity contribution in [1.29, 1.82) is 0 Å². The lowest BCUT2D eigenvalue weighted by Crippen LogP contribution is -2.20. The summed E-state index contributed by atoms with van der Waals surface area (Å²) in [7, 11) is 0. The van der Waals surface area contributed by atoms with Gasteiger partial charge in [0.15, 0.2) is 10.2 Å². The average Bonchev–Trinajstić information content (AvgIpc) is 3.05. The Balaban J connectivity index is 1.80. The molecule has 2 N–H and O–H groups in total. The summed E-state index contributed by atoms with van der Waals surface area (Å²) in [6, 6.07) is 6.56. The average molecular weight is 337 g/mol. The van der Waals surface area contributed by atoms with Gasteiger partial charge in [-0.2, -0.15) is 4.52 Å². The SMILES string of the molecule is CC(C)C(N)c1nnc2sc(SCc3ccccc3F)nn12. The van der Waals surface area contributed by atoms with Gasteiger partial charge in [0.05, 0.1) is 6.04 Å². The third-order valence-corrected chi connectivity index (χ3v) is 5.40. The molecule has 0 spiro atoms. The fraction of sp³-hybridized carbons (Fsp3) is 0.357. The highest BCUT2D eigenvalue weighted by Crippen LogP contribution is 2.29. The van der Waals surface area contributed by atoms with E-state index in [0.29, 0.717) is 22.1 Å². The molecule has 1 aromatic carbocycles. The molecule has 0 amide bonds. The molecule has 3 aromatic rings. The summed E-state index contributed by atoms with van der Waals surface area (Å²) in [6.07, 6.45) is 0. The van der Waals surface area contributed by atoms with Gasteiger partial charge in [-0.25, -0.2) is 4.39 Å². The minimum atomic E-state index is -0.207. The van der Waals surface area contributed by atoms with Crippen LogP contribution < -0.4 is 5.73 Å². The first-order valence-corrected chi connectivity index (χ1v) is 8.70. The summed E-state index contributed by atoms with van der Waals surface area (Å²) in [5, 5.41) is 12.7. The van der Waals surface area contributed by atoms with Crippen molar-refractivity contribution >= 4 is 28.1 Å². The van der Waals surface area contributed by atoms with Gasteiger partial charge in [-0.1, -0.05) is 55.1 Å². The highest BCUT2D eigenvalue weighted by Gasteiger charge is 2.20. The number of rotatable bonds is 5. The van der Waals surface area contributed by atoms with E-state index in [1.165, 1.54) is 29.2 Å². The Kier molecular flexibility index (Phi) is 4.42. The van der Waals surface area contributed by atoms with E-state index >= 15 is 0 Å². The molecule has 0 aliphatic carbocycles. The molecule has 2 heterocycles. The van der Waals surface area contributed by atoms with E-state index in [0.717, 1.165) is 4.34 Å². The van der Waals surface area contributed by atoms with Gasteiger partial charge in [-0.05, 0) is 17.5 Å². The van der Waals surface area contributed by atoms with Crippen molar-refractivity contribution in [3.8, 4) is 0 Å². The van der Waals surface area contributed by atoms with Gasteiger partial charge in [0.2, 0.25) is 4.96 Å². The molecule has 1 atom stereocenters. The van der Waals surface area contributed by atoms with E-state index in [1.54, 1.807) is 16.6 Å². The summed E-state index contributed by atoms with van der Waals surface area (Å²) >= 11 is 2.92. The van der Waals surface area contributed by atoms with Gasteiger partial charge < -0.3 is 5.73 Å². The summed E-state index contributed by atoms with van der Waals surface area (Å²) in [4.78, 5) is 0.710. The molecule has 0 saturated heterocycles. The van der Waals surface area contributed by atoms with Crippen LogP contribution in [0.4, 0.5) is 4.39 Å². The van der Waals surface area contributed by atoms with Crippen molar-refractivity contribution in [2.45, 2.75) is 30.0 Å². The summed E-state index contributed by atoms with van der Waals surface area (Å²) in [6.45, 7) is 4.07. The normalized spacial score (nSPS) is 13.1. The smallest absolute Gasteiger partial charge is 0.235 e. The first kappa shape index (κ1) is 15.4. The first-order valence-electron chi connectivity index (χ1n) is 6.90. The van der Waals surface area contributed by atoms with Crippen LogP contribution in [0.5, 0.6) is 0 Å². The molecule has 8 heteroatoms. The largest absolute Gasteiger partial charge is 0.321 e.